The second-order valence-electron chi connectivity index (χ2n) is 3.76. The molecule has 2 rings (SSSR count). The summed E-state index contributed by atoms with van der Waals surface area (Å²) < 4.78 is 0. The molecule has 6 heteroatoms. The summed E-state index contributed by atoms with van der Waals surface area (Å²) in [5.41, 5.74) is 5.80. The number of carbonyl (C=O) groups excluding carboxylic acids is 2. The van der Waals surface area contributed by atoms with Crippen LogP contribution in [0.15, 0.2) is 24.3 Å². The Morgan fingerprint density at radius 1 is 1.35 bits per heavy atom. The number of hydrogen-bond donors (Lipinski definition) is 3. The molecule has 0 radical (unpaired) electrons. The summed E-state index contributed by atoms with van der Waals surface area (Å²) in [7, 11) is 0. The predicted molar refractivity (Wildman–Crippen MR) is 63.2 cm³/mol. The molecule has 1 saturated heterocycles. The highest BCUT2D eigenvalue weighted by molar-refractivity contribution is 6.30. The number of nitrogens with one attached hydrogen (secondary N) is 3. The fourth-order valence-electron chi connectivity index (χ4n) is 1.55. The molecule has 17 heavy (non-hydrogen) atoms. The van der Waals surface area contributed by atoms with Crippen LogP contribution < -0.4 is 16.2 Å². The van der Waals surface area contributed by atoms with E-state index < -0.39 is 0 Å². The zero-order valence-corrected chi connectivity index (χ0v) is 9.75. The number of halogens is 1. The first-order valence-corrected chi connectivity index (χ1v) is 5.64. The maximum atomic E-state index is 11.7. The highest BCUT2D eigenvalue weighted by Crippen LogP contribution is 2.09. The van der Waals surface area contributed by atoms with Gasteiger partial charge in [-0.15, -0.1) is 0 Å². The molecule has 0 spiro atoms. The van der Waals surface area contributed by atoms with E-state index in [-0.39, 0.29) is 18.0 Å². The van der Waals surface area contributed by atoms with Crippen molar-refractivity contribution in [3.8, 4) is 0 Å². The molecule has 0 saturated carbocycles. The third-order valence-electron chi connectivity index (χ3n) is 2.46. The second kappa shape index (κ2) is 5.16. The fraction of sp³-hybridized carbons (Fsp3) is 0.273. The lowest BCUT2D eigenvalue weighted by molar-refractivity contribution is -0.119. The van der Waals surface area contributed by atoms with Gasteiger partial charge < -0.3 is 5.32 Å². The number of benzene rings is 1. The van der Waals surface area contributed by atoms with E-state index in [9.17, 15) is 9.59 Å². The van der Waals surface area contributed by atoms with Crippen molar-refractivity contribution >= 4 is 23.4 Å². The van der Waals surface area contributed by atoms with Gasteiger partial charge in [-0.2, -0.15) is 0 Å². The summed E-state index contributed by atoms with van der Waals surface area (Å²) in [6, 6.07) is 6.56. The van der Waals surface area contributed by atoms with Gasteiger partial charge in [0.15, 0.2) is 0 Å². The molecule has 1 aromatic rings. The Morgan fingerprint density at radius 2 is 2.06 bits per heavy atom. The molecule has 0 bridgehead atoms. The van der Waals surface area contributed by atoms with Gasteiger partial charge in [0.25, 0.3) is 5.91 Å². The molecule has 1 aromatic carbocycles. The van der Waals surface area contributed by atoms with Crippen molar-refractivity contribution in [3.05, 3.63) is 34.9 Å². The minimum atomic E-state index is -0.261. The van der Waals surface area contributed by atoms with E-state index in [2.05, 4.69) is 16.2 Å². The Labute approximate surface area is 103 Å². The highest BCUT2D eigenvalue weighted by Gasteiger charge is 2.20. The second-order valence-corrected chi connectivity index (χ2v) is 4.20. The van der Waals surface area contributed by atoms with Gasteiger partial charge in [-0.25, -0.2) is 5.43 Å². The summed E-state index contributed by atoms with van der Waals surface area (Å²) >= 11 is 5.72. The van der Waals surface area contributed by atoms with Crippen LogP contribution in [0, 0.1) is 0 Å². The van der Waals surface area contributed by atoms with Crippen molar-refractivity contribution in [1.82, 2.24) is 16.2 Å². The fourth-order valence-corrected chi connectivity index (χ4v) is 1.67. The van der Waals surface area contributed by atoms with Gasteiger partial charge >= 0.3 is 0 Å². The SMILES string of the molecule is O=C1CCC(NNC(=O)c2ccc(Cl)cc2)N1. The zero-order valence-electron chi connectivity index (χ0n) is 9.00. The van der Waals surface area contributed by atoms with Gasteiger partial charge in [0.05, 0.1) is 6.17 Å². The molecule has 0 aliphatic carbocycles. The molecule has 5 nitrogen and oxygen atoms in total. The largest absolute Gasteiger partial charge is 0.339 e. The van der Waals surface area contributed by atoms with Crippen LogP contribution in [0.3, 0.4) is 0 Å². The highest BCUT2D eigenvalue weighted by atomic mass is 35.5. The maximum absolute atomic E-state index is 11.7. The Morgan fingerprint density at radius 3 is 2.65 bits per heavy atom. The van der Waals surface area contributed by atoms with Crippen LogP contribution in [0.1, 0.15) is 23.2 Å². The van der Waals surface area contributed by atoms with Crippen LogP contribution in [0.25, 0.3) is 0 Å². The molecule has 1 unspecified atom stereocenters. The van der Waals surface area contributed by atoms with Crippen LogP contribution in [0.4, 0.5) is 0 Å². The van der Waals surface area contributed by atoms with Crippen molar-refractivity contribution in [2.75, 3.05) is 0 Å². The molecule has 1 aliphatic rings. The summed E-state index contributed by atoms with van der Waals surface area (Å²) in [6.45, 7) is 0. The number of amides is 2. The van der Waals surface area contributed by atoms with E-state index in [0.29, 0.717) is 23.4 Å². The van der Waals surface area contributed by atoms with Crippen LogP contribution in [-0.4, -0.2) is 18.0 Å². The third kappa shape index (κ3) is 3.18. The van der Waals surface area contributed by atoms with Gasteiger partial charge in [-0.05, 0) is 30.7 Å². The maximum Gasteiger partial charge on any atom is 0.265 e. The van der Waals surface area contributed by atoms with E-state index >= 15 is 0 Å². The van der Waals surface area contributed by atoms with Gasteiger partial charge in [0, 0.05) is 17.0 Å². The summed E-state index contributed by atoms with van der Waals surface area (Å²) in [5, 5.41) is 3.26. The Kier molecular flexibility index (Phi) is 3.61. The Hall–Kier alpha value is -1.59. The standard InChI is InChI=1S/C11H12ClN3O2/c12-8-3-1-7(2-4-8)11(17)15-14-9-5-6-10(16)13-9/h1-4,9,14H,5-6H2,(H,13,16)(H,15,17). The number of carbonyl (C=O) groups is 2. The topological polar surface area (TPSA) is 70.2 Å². The molecule has 1 aliphatic heterocycles. The van der Waals surface area contributed by atoms with Crippen molar-refractivity contribution < 1.29 is 9.59 Å². The van der Waals surface area contributed by atoms with Crippen LogP contribution in [-0.2, 0) is 4.79 Å². The first-order chi connectivity index (χ1) is 8.15. The van der Waals surface area contributed by atoms with E-state index in [1.165, 1.54) is 0 Å². The molecule has 1 atom stereocenters. The van der Waals surface area contributed by atoms with Crippen LogP contribution in [0.2, 0.25) is 5.02 Å². The summed E-state index contributed by atoms with van der Waals surface area (Å²) in [5.74, 6) is -0.272. The first-order valence-electron chi connectivity index (χ1n) is 5.26. The molecular weight excluding hydrogens is 242 g/mol. The minimum Gasteiger partial charge on any atom is -0.339 e. The summed E-state index contributed by atoms with van der Waals surface area (Å²) in [4.78, 5) is 22.6. The average molecular weight is 254 g/mol. The van der Waals surface area contributed by atoms with Crippen LogP contribution >= 0.6 is 11.6 Å². The van der Waals surface area contributed by atoms with E-state index in [4.69, 9.17) is 11.6 Å². The van der Waals surface area contributed by atoms with Crippen LogP contribution in [0.5, 0.6) is 0 Å². The van der Waals surface area contributed by atoms with Gasteiger partial charge in [-0.1, -0.05) is 11.6 Å². The smallest absolute Gasteiger partial charge is 0.265 e. The first kappa shape index (κ1) is 11.9. The van der Waals surface area contributed by atoms with E-state index in [0.717, 1.165) is 0 Å². The normalized spacial score (nSPS) is 18.9. The summed E-state index contributed by atoms with van der Waals surface area (Å²) in [6.07, 6.45) is 0.951. The quantitative estimate of drug-likeness (QED) is 0.699. The Balaban J connectivity index is 1.85. The lowest BCUT2D eigenvalue weighted by Crippen LogP contribution is -2.49. The lowest BCUT2D eigenvalue weighted by Gasteiger charge is -2.13. The zero-order chi connectivity index (χ0) is 12.3. The monoisotopic (exact) mass is 253 g/mol. The minimum absolute atomic E-state index is 0.0109. The number of hydrogen-bond acceptors (Lipinski definition) is 3. The van der Waals surface area contributed by atoms with Gasteiger partial charge in [0.2, 0.25) is 5.91 Å². The third-order valence-corrected chi connectivity index (χ3v) is 2.71. The molecule has 90 valence electrons. The molecular formula is C11H12ClN3O2. The number of rotatable bonds is 3. The number of hydrazine groups is 1. The lowest BCUT2D eigenvalue weighted by atomic mass is 10.2. The molecule has 2 amide bonds. The van der Waals surface area contributed by atoms with Gasteiger partial charge in [0.1, 0.15) is 0 Å². The van der Waals surface area contributed by atoms with Crippen molar-refractivity contribution in [2.45, 2.75) is 19.0 Å². The van der Waals surface area contributed by atoms with Crippen molar-refractivity contribution in [1.29, 1.82) is 0 Å². The average Bonchev–Trinajstić information content (AvgIpc) is 2.73. The van der Waals surface area contributed by atoms with Crippen molar-refractivity contribution in [3.63, 3.8) is 0 Å². The Bertz CT molecular complexity index is 433. The molecule has 1 fully saturated rings. The molecule has 1 heterocycles. The van der Waals surface area contributed by atoms with E-state index in [1.807, 2.05) is 0 Å². The predicted octanol–water partition coefficient (Wildman–Crippen LogP) is 0.810. The molecule has 0 aromatic heterocycles. The molecule has 3 N–H and O–H groups in total. The van der Waals surface area contributed by atoms with Crippen molar-refractivity contribution in [2.24, 2.45) is 0 Å². The van der Waals surface area contributed by atoms with E-state index in [1.54, 1.807) is 24.3 Å². The van der Waals surface area contributed by atoms with Gasteiger partial charge in [-0.3, -0.25) is 15.0 Å².